The van der Waals surface area contributed by atoms with Gasteiger partial charge in [-0.25, -0.2) is 0 Å². The van der Waals surface area contributed by atoms with Crippen molar-refractivity contribution in [2.75, 3.05) is 6.54 Å². The van der Waals surface area contributed by atoms with Crippen LogP contribution in [-0.2, 0) is 18.4 Å². The minimum atomic E-state index is -0.185. The monoisotopic (exact) mass is 224 g/mol. The highest BCUT2D eigenvalue weighted by Gasteiger charge is 2.11. The predicted octanol–water partition coefficient (Wildman–Crippen LogP) is 0.343. The zero-order valence-corrected chi connectivity index (χ0v) is 10.4. The number of carbonyl (C=O) groups is 1. The fourth-order valence-corrected chi connectivity index (χ4v) is 1.51. The van der Waals surface area contributed by atoms with Crippen LogP contribution in [0.2, 0.25) is 0 Å². The lowest BCUT2D eigenvalue weighted by molar-refractivity contribution is -0.122. The van der Waals surface area contributed by atoms with Gasteiger partial charge in [-0.3, -0.25) is 9.48 Å². The van der Waals surface area contributed by atoms with Gasteiger partial charge in [0.15, 0.2) is 0 Å². The van der Waals surface area contributed by atoms with Gasteiger partial charge in [-0.2, -0.15) is 5.10 Å². The molecule has 5 heteroatoms. The predicted molar refractivity (Wildman–Crippen MR) is 62.9 cm³/mol. The second-order valence-corrected chi connectivity index (χ2v) is 3.90. The highest BCUT2D eigenvalue weighted by atomic mass is 16.2. The molecule has 0 aliphatic carbocycles. The van der Waals surface area contributed by atoms with Crippen molar-refractivity contribution in [3.63, 3.8) is 0 Å². The zero-order chi connectivity index (χ0) is 12.1. The van der Waals surface area contributed by atoms with Crippen molar-refractivity contribution in [3.8, 4) is 0 Å². The normalized spacial score (nSPS) is 12.5. The van der Waals surface area contributed by atoms with Gasteiger partial charge >= 0.3 is 0 Å². The molecule has 1 unspecified atom stereocenters. The summed E-state index contributed by atoms with van der Waals surface area (Å²) < 4.78 is 1.83. The zero-order valence-electron chi connectivity index (χ0n) is 10.4. The highest BCUT2D eigenvalue weighted by Crippen LogP contribution is 2.01. The van der Waals surface area contributed by atoms with Crippen LogP contribution in [-0.4, -0.2) is 28.3 Å². The Labute approximate surface area is 96.2 Å². The summed E-state index contributed by atoms with van der Waals surface area (Å²) in [6, 6.07) is 1.83. The number of hydrogen-bond acceptors (Lipinski definition) is 3. The van der Waals surface area contributed by atoms with Crippen LogP contribution in [0.15, 0.2) is 6.07 Å². The number of nitrogens with one attached hydrogen (secondary N) is 2. The summed E-state index contributed by atoms with van der Waals surface area (Å²) in [5, 5.41) is 10.2. The van der Waals surface area contributed by atoms with E-state index < -0.39 is 0 Å². The molecular formula is C11H20N4O. The van der Waals surface area contributed by atoms with Crippen LogP contribution in [0.1, 0.15) is 25.2 Å². The highest BCUT2D eigenvalue weighted by molar-refractivity contribution is 5.81. The van der Waals surface area contributed by atoms with E-state index in [0.29, 0.717) is 13.1 Å². The Bertz CT molecular complexity index is 359. The molecule has 1 aromatic rings. The Morgan fingerprint density at radius 3 is 2.81 bits per heavy atom. The van der Waals surface area contributed by atoms with E-state index in [2.05, 4.69) is 15.7 Å². The number of carbonyl (C=O) groups excluding carboxylic acids is 1. The minimum Gasteiger partial charge on any atom is -0.355 e. The van der Waals surface area contributed by atoms with E-state index in [1.165, 1.54) is 0 Å². The number of nitrogens with zero attached hydrogens (tertiary/aromatic N) is 2. The van der Waals surface area contributed by atoms with Crippen molar-refractivity contribution < 1.29 is 4.79 Å². The first-order valence-corrected chi connectivity index (χ1v) is 5.55. The Kier molecular flexibility index (Phi) is 4.49. The van der Waals surface area contributed by atoms with Crippen molar-refractivity contribution in [2.45, 2.75) is 33.4 Å². The van der Waals surface area contributed by atoms with Gasteiger partial charge in [0, 0.05) is 20.1 Å². The molecule has 1 heterocycles. The number of likely N-dealkylation sites (N-methyl/N-ethyl adjacent to an activating group) is 1. The maximum atomic E-state index is 11.5. The fraction of sp³-hybridized carbons (Fsp3) is 0.636. The lowest BCUT2D eigenvalue weighted by Gasteiger charge is -2.13. The number of aromatic nitrogens is 2. The molecule has 1 amide bonds. The fourth-order valence-electron chi connectivity index (χ4n) is 1.51. The largest absolute Gasteiger partial charge is 0.355 e. The van der Waals surface area contributed by atoms with Gasteiger partial charge in [-0.15, -0.1) is 0 Å². The maximum absolute atomic E-state index is 11.5. The number of rotatable bonds is 5. The molecule has 5 nitrogen and oxygen atoms in total. The van der Waals surface area contributed by atoms with Crippen LogP contribution in [0.4, 0.5) is 0 Å². The van der Waals surface area contributed by atoms with Crippen LogP contribution in [0.25, 0.3) is 0 Å². The summed E-state index contributed by atoms with van der Waals surface area (Å²) in [6.45, 7) is 7.03. The molecule has 2 N–H and O–H groups in total. The Hall–Kier alpha value is -1.36. The standard InChI is InChI=1S/C11H20N4O/c1-5-12-11(16)9(3)13-7-10-6-8(2)14-15(10)4/h6,9,13H,5,7H2,1-4H3,(H,12,16). The van der Waals surface area contributed by atoms with Crippen molar-refractivity contribution >= 4 is 5.91 Å². The summed E-state index contributed by atoms with van der Waals surface area (Å²) in [5.41, 5.74) is 2.07. The van der Waals surface area contributed by atoms with E-state index in [0.717, 1.165) is 11.4 Å². The van der Waals surface area contributed by atoms with Crippen LogP contribution >= 0.6 is 0 Å². The lowest BCUT2D eigenvalue weighted by Crippen LogP contribution is -2.41. The van der Waals surface area contributed by atoms with Gasteiger partial charge in [0.1, 0.15) is 0 Å². The van der Waals surface area contributed by atoms with Crippen molar-refractivity contribution in [1.29, 1.82) is 0 Å². The molecule has 16 heavy (non-hydrogen) atoms. The quantitative estimate of drug-likeness (QED) is 0.758. The smallest absolute Gasteiger partial charge is 0.236 e. The van der Waals surface area contributed by atoms with Gasteiger partial charge in [0.25, 0.3) is 0 Å². The first kappa shape index (κ1) is 12.7. The van der Waals surface area contributed by atoms with Crippen LogP contribution in [0.5, 0.6) is 0 Å². The minimum absolute atomic E-state index is 0.0291. The number of amides is 1. The van der Waals surface area contributed by atoms with Crippen molar-refractivity contribution in [3.05, 3.63) is 17.5 Å². The molecule has 0 saturated heterocycles. The van der Waals surface area contributed by atoms with Gasteiger partial charge < -0.3 is 10.6 Å². The average molecular weight is 224 g/mol. The summed E-state index contributed by atoms with van der Waals surface area (Å²) in [4.78, 5) is 11.5. The van der Waals surface area contributed by atoms with Crippen LogP contribution in [0, 0.1) is 6.92 Å². The van der Waals surface area contributed by atoms with E-state index >= 15 is 0 Å². The molecule has 0 saturated carbocycles. The van der Waals surface area contributed by atoms with Gasteiger partial charge in [0.2, 0.25) is 5.91 Å². The molecule has 0 aliphatic heterocycles. The number of hydrogen-bond donors (Lipinski definition) is 2. The number of aryl methyl sites for hydroxylation is 2. The Balaban J connectivity index is 2.45. The molecule has 1 aromatic heterocycles. The first-order valence-electron chi connectivity index (χ1n) is 5.55. The van der Waals surface area contributed by atoms with Crippen LogP contribution < -0.4 is 10.6 Å². The molecule has 1 atom stereocenters. The molecule has 0 radical (unpaired) electrons. The van der Waals surface area contributed by atoms with Gasteiger partial charge in [-0.05, 0) is 26.8 Å². The van der Waals surface area contributed by atoms with E-state index in [4.69, 9.17) is 0 Å². The molecule has 90 valence electrons. The SMILES string of the molecule is CCNC(=O)C(C)NCc1cc(C)nn1C. The first-order chi connectivity index (χ1) is 7.54. The second kappa shape index (κ2) is 5.65. The average Bonchev–Trinajstić information content (AvgIpc) is 2.54. The third-order valence-electron chi connectivity index (χ3n) is 2.43. The molecule has 0 aliphatic rings. The summed E-state index contributed by atoms with van der Waals surface area (Å²) in [5.74, 6) is 0.0291. The van der Waals surface area contributed by atoms with E-state index in [-0.39, 0.29) is 11.9 Å². The van der Waals surface area contributed by atoms with Gasteiger partial charge in [0.05, 0.1) is 17.4 Å². The summed E-state index contributed by atoms with van der Waals surface area (Å²) in [7, 11) is 1.90. The van der Waals surface area contributed by atoms with E-state index in [9.17, 15) is 4.79 Å². The third kappa shape index (κ3) is 3.34. The topological polar surface area (TPSA) is 59.0 Å². The molecular weight excluding hydrogens is 204 g/mol. The Morgan fingerprint density at radius 2 is 2.31 bits per heavy atom. The van der Waals surface area contributed by atoms with Crippen molar-refractivity contribution in [1.82, 2.24) is 20.4 Å². The van der Waals surface area contributed by atoms with Crippen molar-refractivity contribution in [2.24, 2.45) is 7.05 Å². The summed E-state index contributed by atoms with van der Waals surface area (Å²) in [6.07, 6.45) is 0. The van der Waals surface area contributed by atoms with E-state index in [1.54, 1.807) is 0 Å². The molecule has 0 spiro atoms. The molecule has 1 rings (SSSR count). The second-order valence-electron chi connectivity index (χ2n) is 3.90. The maximum Gasteiger partial charge on any atom is 0.236 e. The molecule has 0 bridgehead atoms. The van der Waals surface area contributed by atoms with E-state index in [1.807, 2.05) is 38.6 Å². The summed E-state index contributed by atoms with van der Waals surface area (Å²) >= 11 is 0. The Morgan fingerprint density at radius 1 is 1.62 bits per heavy atom. The third-order valence-corrected chi connectivity index (χ3v) is 2.43. The van der Waals surface area contributed by atoms with Crippen LogP contribution in [0.3, 0.4) is 0 Å². The molecule has 0 fully saturated rings. The van der Waals surface area contributed by atoms with Gasteiger partial charge in [-0.1, -0.05) is 0 Å². The lowest BCUT2D eigenvalue weighted by atomic mass is 10.3. The molecule has 0 aromatic carbocycles.